The second-order valence-corrected chi connectivity index (χ2v) is 11.4. The molecule has 3 aromatic heterocycles. The first-order valence-corrected chi connectivity index (χ1v) is 15.3. The minimum Gasteiger partial charge on any atom is -0.456 e. The third kappa shape index (κ3) is 4.87. The topological polar surface area (TPSA) is 51.8 Å². The molecule has 234 valence electrons. The molecule has 0 bridgehead atoms. The van der Waals surface area contributed by atoms with Crippen molar-refractivity contribution in [2.75, 3.05) is 0 Å². The first-order valence-electron chi connectivity index (χ1n) is 27.5. The number of furan rings is 1. The molecule has 0 saturated carbocycles. The number of hydrogen-bond donors (Lipinski definition) is 0. The second-order valence-electron chi connectivity index (χ2n) is 10.4. The van der Waals surface area contributed by atoms with Gasteiger partial charge in [-0.1, -0.05) is 115 Å². The summed E-state index contributed by atoms with van der Waals surface area (Å²) in [6.45, 7) is 0. The van der Waals surface area contributed by atoms with E-state index in [0.717, 1.165) is 6.07 Å². The Labute approximate surface area is 328 Å². The molecule has 0 N–H and O–H groups in total. The maximum Gasteiger partial charge on any atom is 0.164 e. The number of rotatable bonds is 5. The molecular weight excluding hydrogens is 631 g/mol. The van der Waals surface area contributed by atoms with Crippen molar-refractivity contribution in [3.05, 3.63) is 163 Å². The average molecular weight is 684 g/mol. The zero-order valence-corrected chi connectivity index (χ0v) is 25.6. The fourth-order valence-electron chi connectivity index (χ4n) is 5.32. The molecule has 0 radical (unpaired) electrons. The van der Waals surface area contributed by atoms with E-state index in [4.69, 9.17) is 31.8 Å². The van der Waals surface area contributed by atoms with Crippen LogP contribution in [-0.4, -0.2) is 15.0 Å². The number of aromatic nitrogens is 3. The molecule has 7 aromatic carbocycles. The molecular formula is C45H27N3OS. The van der Waals surface area contributed by atoms with Gasteiger partial charge in [0.2, 0.25) is 0 Å². The first kappa shape index (κ1) is 12.8. The number of benzene rings is 7. The monoisotopic (exact) mass is 683 g/mol. The summed E-state index contributed by atoms with van der Waals surface area (Å²) >= 11 is 0.651. The summed E-state index contributed by atoms with van der Waals surface area (Å²) in [4.78, 5) is 13.1. The third-order valence-electron chi connectivity index (χ3n) is 7.48. The Kier molecular flexibility index (Phi) is 2.97. The highest BCUT2D eigenvalue weighted by atomic mass is 32.1. The molecule has 5 heteroatoms. The van der Waals surface area contributed by atoms with Crippen LogP contribution in [0.3, 0.4) is 0 Å². The Hall–Kier alpha value is -6.43. The SMILES string of the molecule is [2H]c1c([2H])c([2H])c(-c2nc(-c3cc(-c4c([2H])c([2H])c5c(oc6c([2H])c([2H])c([2H])c([2H])c65)c4[2H])c([2H])c(-c4c([2H])c([2H])c([2H])c5sc6c([2H])c([2H])c([2H])c([2H])c6c45)c3[2H])nc(-c3c([2H])c([2H])c([2H])c([2H])c3[2H])n2)c([2H])c1[2H]. The van der Waals surface area contributed by atoms with Crippen molar-refractivity contribution >= 4 is 53.4 Å². The maximum atomic E-state index is 10.0. The summed E-state index contributed by atoms with van der Waals surface area (Å²) < 4.78 is 235. The van der Waals surface area contributed by atoms with Gasteiger partial charge in [0.25, 0.3) is 0 Å². The van der Waals surface area contributed by atoms with Crippen LogP contribution >= 0.6 is 11.3 Å². The lowest BCUT2D eigenvalue weighted by Crippen LogP contribution is -2.00. The molecule has 10 rings (SSSR count). The van der Waals surface area contributed by atoms with Crippen molar-refractivity contribution < 1.29 is 40.1 Å². The molecule has 0 aliphatic heterocycles. The summed E-state index contributed by atoms with van der Waals surface area (Å²) in [5.74, 6) is -2.38. The van der Waals surface area contributed by atoms with Crippen molar-refractivity contribution in [1.29, 1.82) is 0 Å². The first-order chi connectivity index (χ1) is 35.6. The molecule has 0 spiro atoms. The number of para-hydroxylation sites is 1. The molecule has 0 amide bonds. The fraction of sp³-hybridized carbons (Fsp3) is 0. The summed E-state index contributed by atoms with van der Waals surface area (Å²) in [5.41, 5.74) is -5.67. The minimum atomic E-state index is -0.890. The summed E-state index contributed by atoms with van der Waals surface area (Å²) in [7, 11) is 0. The molecule has 0 aliphatic rings. The van der Waals surface area contributed by atoms with Crippen LogP contribution in [-0.2, 0) is 0 Å². The Bertz CT molecular complexity index is 4240. The van der Waals surface area contributed by atoms with Crippen LogP contribution in [0.1, 0.15) is 35.6 Å². The zero-order valence-electron chi connectivity index (χ0n) is 50.7. The largest absolute Gasteiger partial charge is 0.456 e. The molecule has 0 unspecified atom stereocenters. The van der Waals surface area contributed by atoms with Crippen LogP contribution < -0.4 is 0 Å². The van der Waals surface area contributed by atoms with Crippen LogP contribution in [0.5, 0.6) is 0 Å². The van der Waals surface area contributed by atoms with E-state index in [9.17, 15) is 8.22 Å². The highest BCUT2D eigenvalue weighted by Gasteiger charge is 2.18. The van der Waals surface area contributed by atoms with Gasteiger partial charge in [0.05, 0.1) is 35.6 Å². The lowest BCUT2D eigenvalue weighted by atomic mass is 9.93. The minimum absolute atomic E-state index is 0.149. The Balaban J connectivity index is 1.45. The lowest BCUT2D eigenvalue weighted by molar-refractivity contribution is 0.669. The molecule has 10 aromatic rings. The van der Waals surface area contributed by atoms with E-state index in [1.807, 2.05) is 0 Å². The molecule has 3 heterocycles. The van der Waals surface area contributed by atoms with Crippen LogP contribution in [0.15, 0.2) is 168 Å². The molecule has 0 saturated heterocycles. The van der Waals surface area contributed by atoms with Crippen molar-refractivity contribution in [1.82, 2.24) is 15.0 Å². The van der Waals surface area contributed by atoms with Crippen LogP contribution in [0.2, 0.25) is 0 Å². The van der Waals surface area contributed by atoms with E-state index in [-0.39, 0.29) is 25.6 Å². The highest BCUT2D eigenvalue weighted by molar-refractivity contribution is 7.25. The number of thiophene rings is 1. The van der Waals surface area contributed by atoms with E-state index in [1.165, 1.54) is 0 Å². The smallest absolute Gasteiger partial charge is 0.164 e. The molecule has 0 aliphatic carbocycles. The van der Waals surface area contributed by atoms with Gasteiger partial charge in [-0.25, -0.2) is 15.0 Å². The van der Waals surface area contributed by atoms with Gasteiger partial charge in [-0.05, 0) is 70.6 Å². The number of hydrogen-bond acceptors (Lipinski definition) is 5. The maximum absolute atomic E-state index is 10.0. The van der Waals surface area contributed by atoms with E-state index >= 15 is 0 Å². The highest BCUT2D eigenvalue weighted by Crippen LogP contribution is 2.42. The van der Waals surface area contributed by atoms with Crippen LogP contribution in [0.4, 0.5) is 0 Å². The van der Waals surface area contributed by atoms with Gasteiger partial charge in [-0.3, -0.25) is 0 Å². The summed E-state index contributed by atoms with van der Waals surface area (Å²) in [6.07, 6.45) is 0. The van der Waals surface area contributed by atoms with Gasteiger partial charge >= 0.3 is 0 Å². The normalized spacial score (nSPS) is 18.9. The third-order valence-corrected chi connectivity index (χ3v) is 8.50. The van der Waals surface area contributed by atoms with Gasteiger partial charge in [0, 0.05) is 47.6 Å². The Morgan fingerprint density at radius 2 is 1.02 bits per heavy atom. The van der Waals surface area contributed by atoms with Crippen LogP contribution in [0, 0.1) is 0 Å². The predicted molar refractivity (Wildman–Crippen MR) is 207 cm³/mol. The van der Waals surface area contributed by atoms with Crippen molar-refractivity contribution in [2.45, 2.75) is 0 Å². The van der Waals surface area contributed by atoms with Gasteiger partial charge in [-0.15, -0.1) is 11.3 Å². The van der Waals surface area contributed by atoms with Gasteiger partial charge < -0.3 is 4.42 Å². The van der Waals surface area contributed by atoms with E-state index < -0.39 is 230 Å². The van der Waals surface area contributed by atoms with E-state index in [1.54, 1.807) is 0 Å². The van der Waals surface area contributed by atoms with Gasteiger partial charge in [0.15, 0.2) is 17.5 Å². The average Bonchev–Trinajstić information content (AvgIpc) is 4.11. The van der Waals surface area contributed by atoms with Crippen molar-refractivity contribution in [3.63, 3.8) is 0 Å². The standard InChI is InChI=1S/C45H27N3OS/c1-3-12-28(13-4-1)43-46-44(29-14-5-2-6-15-29)48-45(47-43)33-25-31(30-22-23-36-35-16-7-9-19-38(35)49-39(36)27-30)24-32(26-33)34-18-11-21-41-42(34)37-17-8-10-20-40(37)50-41/h1-27H/i1D,2D,3D,4D,5D,6D,7D,8D,9D,10D,11D,12D,13D,14D,15D,16D,17D,18D,19D,20D,21D,22D,23D,24D,26D,27D. The van der Waals surface area contributed by atoms with Gasteiger partial charge in [-0.2, -0.15) is 0 Å². The zero-order chi connectivity index (χ0) is 55.6. The molecule has 0 atom stereocenters. The molecule has 4 nitrogen and oxygen atoms in total. The van der Waals surface area contributed by atoms with Crippen molar-refractivity contribution in [2.24, 2.45) is 0 Å². The summed E-state index contributed by atoms with van der Waals surface area (Å²) in [6, 6.07) is -19.8. The van der Waals surface area contributed by atoms with Crippen LogP contribution in [0.25, 0.3) is 98.5 Å². The van der Waals surface area contributed by atoms with E-state index in [2.05, 4.69) is 15.0 Å². The quantitative estimate of drug-likeness (QED) is 0.181. The predicted octanol–water partition coefficient (Wildman–Crippen LogP) is 12.5. The second kappa shape index (κ2) is 11.6. The number of fused-ring (bicyclic) bond motifs is 6. The lowest BCUT2D eigenvalue weighted by Gasteiger charge is -2.13. The van der Waals surface area contributed by atoms with Gasteiger partial charge in [0.1, 0.15) is 11.2 Å². The molecule has 50 heavy (non-hydrogen) atoms. The fourth-order valence-corrected chi connectivity index (χ4v) is 6.29. The summed E-state index contributed by atoms with van der Waals surface area (Å²) in [5, 5.41) is -1.35. The number of nitrogens with zero attached hydrogens (tertiary/aromatic N) is 3. The van der Waals surface area contributed by atoms with E-state index in [0.29, 0.717) is 11.3 Å². The Morgan fingerprint density at radius 1 is 0.420 bits per heavy atom. The molecule has 0 fully saturated rings. The van der Waals surface area contributed by atoms with Crippen molar-refractivity contribution in [3.8, 4) is 56.4 Å². The Morgan fingerprint density at radius 3 is 1.78 bits per heavy atom.